The highest BCUT2D eigenvalue weighted by atomic mass is 32.2. The molecule has 0 radical (unpaired) electrons. The molecule has 0 saturated heterocycles. The standard InChI is InChI=1S/C27H27N5O3S/c1-18-7-4-10-21(13-18)29-25(33)17-36-27-31-30-24(32(27)22-11-5-8-19(2)14-22)16-28-26(34)20-9-6-12-23(15-20)35-3/h4-15H,16-17H2,1-3H3,(H,28,34)(H,29,33). The third-order valence-corrected chi connectivity index (χ3v) is 6.26. The van der Waals surface area contributed by atoms with Crippen LogP contribution in [0, 0.1) is 13.8 Å². The van der Waals surface area contributed by atoms with Crippen LogP contribution >= 0.6 is 11.8 Å². The molecule has 36 heavy (non-hydrogen) atoms. The van der Waals surface area contributed by atoms with Crippen molar-refractivity contribution in [2.45, 2.75) is 25.5 Å². The Hall–Kier alpha value is -4.11. The molecule has 3 aromatic carbocycles. The van der Waals surface area contributed by atoms with E-state index in [4.69, 9.17) is 4.74 Å². The van der Waals surface area contributed by atoms with Gasteiger partial charge < -0.3 is 15.4 Å². The number of carbonyl (C=O) groups is 2. The number of ether oxygens (including phenoxy) is 1. The molecule has 9 heteroatoms. The zero-order valence-corrected chi connectivity index (χ0v) is 21.1. The molecule has 0 bridgehead atoms. The number of rotatable bonds is 9. The molecule has 0 aliphatic rings. The van der Waals surface area contributed by atoms with Crippen LogP contribution in [0.15, 0.2) is 78.0 Å². The largest absolute Gasteiger partial charge is 0.497 e. The molecule has 1 aromatic heterocycles. The van der Waals surface area contributed by atoms with Gasteiger partial charge in [0.1, 0.15) is 5.75 Å². The third kappa shape index (κ3) is 6.31. The number of hydrogen-bond donors (Lipinski definition) is 2. The lowest BCUT2D eigenvalue weighted by atomic mass is 10.2. The summed E-state index contributed by atoms with van der Waals surface area (Å²) in [5, 5.41) is 15.0. The summed E-state index contributed by atoms with van der Waals surface area (Å²) in [4.78, 5) is 25.3. The fourth-order valence-electron chi connectivity index (χ4n) is 3.61. The van der Waals surface area contributed by atoms with E-state index in [-0.39, 0.29) is 24.1 Å². The van der Waals surface area contributed by atoms with Gasteiger partial charge in [-0.1, -0.05) is 42.1 Å². The minimum atomic E-state index is -0.251. The van der Waals surface area contributed by atoms with E-state index in [1.165, 1.54) is 11.8 Å². The summed E-state index contributed by atoms with van der Waals surface area (Å²) in [6.07, 6.45) is 0. The fourth-order valence-corrected chi connectivity index (χ4v) is 4.38. The molecule has 0 fully saturated rings. The first-order valence-electron chi connectivity index (χ1n) is 11.4. The number of carbonyl (C=O) groups excluding carboxylic acids is 2. The number of nitrogens with one attached hydrogen (secondary N) is 2. The van der Waals surface area contributed by atoms with E-state index in [0.29, 0.717) is 22.3 Å². The van der Waals surface area contributed by atoms with Crippen LogP contribution in [-0.2, 0) is 11.3 Å². The van der Waals surface area contributed by atoms with Crippen LogP contribution in [0.5, 0.6) is 5.75 Å². The zero-order chi connectivity index (χ0) is 25.5. The summed E-state index contributed by atoms with van der Waals surface area (Å²) >= 11 is 1.28. The van der Waals surface area contributed by atoms with E-state index < -0.39 is 0 Å². The Bertz CT molecular complexity index is 1390. The maximum absolute atomic E-state index is 12.7. The highest BCUT2D eigenvalue weighted by Crippen LogP contribution is 2.23. The first-order chi connectivity index (χ1) is 17.4. The Labute approximate surface area is 214 Å². The zero-order valence-electron chi connectivity index (χ0n) is 20.3. The molecule has 2 N–H and O–H groups in total. The molecule has 4 aromatic rings. The summed E-state index contributed by atoms with van der Waals surface area (Å²) in [5.41, 5.74) is 4.23. The lowest BCUT2D eigenvalue weighted by Crippen LogP contribution is -2.24. The Morgan fingerprint density at radius 3 is 2.44 bits per heavy atom. The SMILES string of the molecule is COc1cccc(C(=O)NCc2nnc(SCC(=O)Nc3cccc(C)c3)n2-c2cccc(C)c2)c1. The average molecular weight is 502 g/mol. The average Bonchev–Trinajstić information content (AvgIpc) is 3.29. The quantitative estimate of drug-likeness (QED) is 0.327. The van der Waals surface area contributed by atoms with Gasteiger partial charge in [-0.3, -0.25) is 14.2 Å². The van der Waals surface area contributed by atoms with Gasteiger partial charge in [0.25, 0.3) is 5.91 Å². The molecule has 0 spiro atoms. The molecule has 184 valence electrons. The van der Waals surface area contributed by atoms with Crippen LogP contribution in [-0.4, -0.2) is 39.4 Å². The van der Waals surface area contributed by atoms with Crippen molar-refractivity contribution in [2.24, 2.45) is 0 Å². The van der Waals surface area contributed by atoms with Crippen molar-refractivity contribution in [3.8, 4) is 11.4 Å². The summed E-state index contributed by atoms with van der Waals surface area (Å²) in [7, 11) is 1.56. The summed E-state index contributed by atoms with van der Waals surface area (Å²) in [6.45, 7) is 4.14. The second kappa shape index (κ2) is 11.5. The van der Waals surface area contributed by atoms with E-state index in [1.807, 2.05) is 66.9 Å². The van der Waals surface area contributed by atoms with E-state index >= 15 is 0 Å². The van der Waals surface area contributed by atoms with Gasteiger partial charge >= 0.3 is 0 Å². The van der Waals surface area contributed by atoms with Crippen LogP contribution < -0.4 is 15.4 Å². The first-order valence-corrected chi connectivity index (χ1v) is 12.3. The van der Waals surface area contributed by atoms with Gasteiger partial charge in [0.2, 0.25) is 5.91 Å². The molecule has 1 heterocycles. The number of methoxy groups -OCH3 is 1. The predicted molar refractivity (Wildman–Crippen MR) is 141 cm³/mol. The lowest BCUT2D eigenvalue weighted by molar-refractivity contribution is -0.113. The Morgan fingerprint density at radius 1 is 0.944 bits per heavy atom. The number of aryl methyl sites for hydroxylation is 2. The molecular weight excluding hydrogens is 474 g/mol. The number of aromatic nitrogens is 3. The van der Waals surface area contributed by atoms with E-state index in [2.05, 4.69) is 20.8 Å². The van der Waals surface area contributed by atoms with Crippen LogP contribution in [0.4, 0.5) is 5.69 Å². The molecule has 8 nitrogen and oxygen atoms in total. The highest BCUT2D eigenvalue weighted by molar-refractivity contribution is 7.99. The normalized spacial score (nSPS) is 10.6. The van der Waals surface area contributed by atoms with Crippen molar-refractivity contribution >= 4 is 29.3 Å². The second-order valence-corrected chi connectivity index (χ2v) is 9.14. The van der Waals surface area contributed by atoms with Crippen molar-refractivity contribution < 1.29 is 14.3 Å². The lowest BCUT2D eigenvalue weighted by Gasteiger charge is -2.12. The van der Waals surface area contributed by atoms with Gasteiger partial charge in [-0.2, -0.15) is 0 Å². The molecule has 0 aliphatic carbocycles. The van der Waals surface area contributed by atoms with E-state index in [1.54, 1.807) is 31.4 Å². The summed E-state index contributed by atoms with van der Waals surface area (Å²) in [5.74, 6) is 0.928. The van der Waals surface area contributed by atoms with Crippen molar-refractivity contribution in [1.82, 2.24) is 20.1 Å². The van der Waals surface area contributed by atoms with Crippen LogP contribution in [0.3, 0.4) is 0 Å². The van der Waals surface area contributed by atoms with Crippen molar-refractivity contribution in [3.63, 3.8) is 0 Å². The van der Waals surface area contributed by atoms with Gasteiger partial charge in [0.05, 0.1) is 19.4 Å². The van der Waals surface area contributed by atoms with Gasteiger partial charge in [-0.15, -0.1) is 10.2 Å². The first kappa shape index (κ1) is 25.0. The van der Waals surface area contributed by atoms with Gasteiger partial charge in [-0.05, 0) is 67.4 Å². The van der Waals surface area contributed by atoms with Gasteiger partial charge in [-0.25, -0.2) is 0 Å². The molecular formula is C27H27N5O3S. The Balaban J connectivity index is 1.51. The van der Waals surface area contributed by atoms with E-state index in [9.17, 15) is 9.59 Å². The molecule has 2 amide bonds. The minimum absolute atomic E-state index is 0.141. The molecule has 4 rings (SSSR count). The summed E-state index contributed by atoms with van der Waals surface area (Å²) < 4.78 is 7.07. The molecule has 0 atom stereocenters. The maximum Gasteiger partial charge on any atom is 0.251 e. The van der Waals surface area contributed by atoms with Crippen molar-refractivity contribution in [1.29, 1.82) is 0 Å². The van der Waals surface area contributed by atoms with Crippen LogP contribution in [0.25, 0.3) is 5.69 Å². The minimum Gasteiger partial charge on any atom is -0.497 e. The van der Waals surface area contributed by atoms with Crippen molar-refractivity contribution in [2.75, 3.05) is 18.2 Å². The smallest absolute Gasteiger partial charge is 0.251 e. The Kier molecular flexibility index (Phi) is 8.02. The number of benzene rings is 3. The van der Waals surface area contributed by atoms with Crippen molar-refractivity contribution in [3.05, 3.63) is 95.3 Å². The number of anilines is 1. The van der Waals surface area contributed by atoms with Crippen LogP contribution in [0.1, 0.15) is 27.3 Å². The monoisotopic (exact) mass is 501 g/mol. The van der Waals surface area contributed by atoms with Crippen LogP contribution in [0.2, 0.25) is 0 Å². The second-order valence-electron chi connectivity index (χ2n) is 8.19. The number of amides is 2. The number of thioether (sulfide) groups is 1. The maximum atomic E-state index is 12.7. The van der Waals surface area contributed by atoms with E-state index in [0.717, 1.165) is 22.5 Å². The number of hydrogen-bond acceptors (Lipinski definition) is 6. The van der Waals surface area contributed by atoms with Gasteiger partial charge in [0.15, 0.2) is 11.0 Å². The topological polar surface area (TPSA) is 98.1 Å². The highest BCUT2D eigenvalue weighted by Gasteiger charge is 2.17. The third-order valence-electron chi connectivity index (χ3n) is 5.33. The fraction of sp³-hybridized carbons (Fsp3) is 0.185. The Morgan fingerprint density at radius 2 is 1.69 bits per heavy atom. The summed E-state index contributed by atoms with van der Waals surface area (Å²) in [6, 6.07) is 22.5. The number of nitrogens with zero attached hydrogens (tertiary/aromatic N) is 3. The molecule has 0 unspecified atom stereocenters. The molecule has 0 saturated carbocycles. The molecule has 0 aliphatic heterocycles. The predicted octanol–water partition coefficient (Wildman–Crippen LogP) is 4.55. The van der Waals surface area contributed by atoms with Gasteiger partial charge in [0, 0.05) is 16.9 Å².